The van der Waals surface area contributed by atoms with E-state index in [1.807, 2.05) is 13.8 Å². The maximum Gasteiger partial charge on any atom is 0.410 e. The van der Waals surface area contributed by atoms with Crippen LogP contribution in [-0.2, 0) is 16.0 Å². The van der Waals surface area contributed by atoms with Crippen LogP contribution in [0, 0.1) is 28.9 Å². The number of ether oxygens (including phenoxy) is 2. The van der Waals surface area contributed by atoms with E-state index in [1.165, 1.54) is 4.90 Å². The van der Waals surface area contributed by atoms with E-state index in [0.29, 0.717) is 45.2 Å². The maximum atomic E-state index is 14.8. The Morgan fingerprint density at radius 1 is 1.07 bits per heavy atom. The number of amides is 2. The second kappa shape index (κ2) is 15.8. The number of aliphatic hydroxyl groups excluding tert-OH is 4. The van der Waals surface area contributed by atoms with Crippen LogP contribution >= 0.6 is 0 Å². The number of likely N-dealkylation sites (tertiary alicyclic amines) is 2. The van der Waals surface area contributed by atoms with Gasteiger partial charge in [0.2, 0.25) is 5.91 Å². The number of carbonyl (C=O) groups is 2. The highest BCUT2D eigenvalue weighted by Crippen LogP contribution is 2.61. The van der Waals surface area contributed by atoms with Crippen LogP contribution in [0.5, 0.6) is 5.75 Å². The number of benzene rings is 1. The molecule has 2 amide bonds. The predicted molar refractivity (Wildman–Crippen MR) is 160 cm³/mol. The van der Waals surface area contributed by atoms with E-state index in [-0.39, 0.29) is 60.3 Å². The third-order valence-electron chi connectivity index (χ3n) is 9.43. The Morgan fingerprint density at radius 3 is 2.36 bits per heavy atom. The maximum absolute atomic E-state index is 14.8. The van der Waals surface area contributed by atoms with Gasteiger partial charge in [0, 0.05) is 69.5 Å². The molecule has 4 atom stereocenters. The Balaban J connectivity index is 1.11. The van der Waals surface area contributed by atoms with Crippen molar-refractivity contribution in [3.8, 4) is 5.75 Å². The first-order valence-corrected chi connectivity index (χ1v) is 16.1. The number of carbonyl (C=O) groups excluding carboxylic acids is 2. The van der Waals surface area contributed by atoms with Crippen molar-refractivity contribution in [2.45, 2.75) is 83.2 Å². The van der Waals surface area contributed by atoms with Gasteiger partial charge in [-0.15, -0.1) is 0 Å². The molecule has 1 aromatic rings. The number of halogens is 2. The molecule has 1 aliphatic carbocycles. The molecular formula is C32H49F2N3O8. The van der Waals surface area contributed by atoms with Crippen LogP contribution in [0.4, 0.5) is 13.6 Å². The van der Waals surface area contributed by atoms with E-state index < -0.39 is 36.4 Å². The summed E-state index contributed by atoms with van der Waals surface area (Å²) < 4.78 is 40.5. The molecule has 1 aromatic carbocycles. The zero-order valence-electron chi connectivity index (χ0n) is 26.3. The summed E-state index contributed by atoms with van der Waals surface area (Å²) in [7, 11) is 0. The highest BCUT2D eigenvalue weighted by Gasteiger charge is 2.54. The van der Waals surface area contributed by atoms with E-state index in [1.54, 1.807) is 4.90 Å². The Kier molecular flexibility index (Phi) is 12.4. The van der Waals surface area contributed by atoms with Gasteiger partial charge in [0.15, 0.2) is 0 Å². The number of aliphatic hydroxyl groups is 4. The van der Waals surface area contributed by atoms with Gasteiger partial charge >= 0.3 is 6.09 Å². The van der Waals surface area contributed by atoms with Crippen molar-refractivity contribution in [3.05, 3.63) is 29.3 Å². The van der Waals surface area contributed by atoms with Gasteiger partial charge < -0.3 is 45.0 Å². The van der Waals surface area contributed by atoms with Crippen LogP contribution in [0.25, 0.3) is 0 Å². The lowest BCUT2D eigenvalue weighted by atomic mass is 9.90. The van der Waals surface area contributed by atoms with Gasteiger partial charge in [-0.3, -0.25) is 4.79 Å². The van der Waals surface area contributed by atoms with Crippen LogP contribution in [0.1, 0.15) is 57.9 Å². The summed E-state index contributed by atoms with van der Waals surface area (Å²) in [6.45, 7) is 6.39. The van der Waals surface area contributed by atoms with Gasteiger partial charge in [0.05, 0.1) is 31.3 Å². The zero-order chi connectivity index (χ0) is 32.7. The number of nitrogens with one attached hydrogen (secondary N) is 1. The molecule has 13 heteroatoms. The Morgan fingerprint density at radius 2 is 1.73 bits per heavy atom. The lowest BCUT2D eigenvalue weighted by Gasteiger charge is -2.39. The Hall–Kier alpha value is -2.58. The molecule has 11 nitrogen and oxygen atoms in total. The smallest absolute Gasteiger partial charge is 0.410 e. The van der Waals surface area contributed by atoms with Gasteiger partial charge in [0.25, 0.3) is 0 Å². The number of nitrogens with zero attached hydrogens (tertiary/aromatic N) is 2. The molecule has 0 aromatic heterocycles. The monoisotopic (exact) mass is 641 g/mol. The second-order valence-corrected chi connectivity index (χ2v) is 13.2. The molecule has 2 saturated heterocycles. The quantitative estimate of drug-likeness (QED) is 0.170. The number of hydrogen-bond acceptors (Lipinski definition) is 9. The lowest BCUT2D eigenvalue weighted by molar-refractivity contribution is -0.136. The fourth-order valence-electron chi connectivity index (χ4n) is 6.50. The largest absolute Gasteiger partial charge is 0.493 e. The van der Waals surface area contributed by atoms with Crippen molar-refractivity contribution in [2.75, 3.05) is 52.5 Å². The van der Waals surface area contributed by atoms with Crippen molar-refractivity contribution < 1.29 is 48.3 Å². The number of rotatable bonds is 16. The Bertz CT molecular complexity index is 1120. The highest BCUT2D eigenvalue weighted by atomic mass is 19.1. The Labute approximate surface area is 263 Å². The summed E-state index contributed by atoms with van der Waals surface area (Å²) in [5, 5.41) is 41.3. The first-order valence-electron chi connectivity index (χ1n) is 16.1. The molecule has 3 fully saturated rings. The molecule has 5 N–H and O–H groups in total. The van der Waals surface area contributed by atoms with E-state index in [0.717, 1.165) is 44.2 Å². The SMILES string of the molecule is CC(C)OC(=O)N1CCC2(CC1)CC2CCCOc1cc(F)c(CC(=O)N2CC(CNC[C@H](O)[C@@H](O)[C@H](O)CCO)C2)c(F)c1. The average Bonchev–Trinajstić information content (AvgIpc) is 3.64. The van der Waals surface area contributed by atoms with Gasteiger partial charge in [-0.2, -0.15) is 0 Å². The van der Waals surface area contributed by atoms with E-state index >= 15 is 0 Å². The molecule has 1 unspecified atom stereocenters. The highest BCUT2D eigenvalue weighted by molar-refractivity contribution is 5.79. The molecule has 2 heterocycles. The minimum atomic E-state index is -1.39. The van der Waals surface area contributed by atoms with E-state index in [4.69, 9.17) is 14.6 Å². The summed E-state index contributed by atoms with van der Waals surface area (Å²) in [5.41, 5.74) is -0.0122. The molecule has 1 saturated carbocycles. The van der Waals surface area contributed by atoms with Crippen LogP contribution < -0.4 is 10.1 Å². The van der Waals surface area contributed by atoms with E-state index in [2.05, 4.69) is 5.32 Å². The predicted octanol–water partition coefficient (Wildman–Crippen LogP) is 1.83. The zero-order valence-corrected chi connectivity index (χ0v) is 26.3. The van der Waals surface area contributed by atoms with Crippen LogP contribution in [-0.4, -0.2) is 119 Å². The molecule has 2 aliphatic heterocycles. The third kappa shape index (κ3) is 9.47. The first-order chi connectivity index (χ1) is 21.4. The molecule has 3 aliphatic rings. The molecular weight excluding hydrogens is 592 g/mol. The molecule has 4 rings (SSSR count). The van der Waals surface area contributed by atoms with Crippen LogP contribution in [0.15, 0.2) is 12.1 Å². The summed E-state index contributed by atoms with van der Waals surface area (Å²) in [6, 6.07) is 2.24. The van der Waals surface area contributed by atoms with Crippen LogP contribution in [0.3, 0.4) is 0 Å². The second-order valence-electron chi connectivity index (χ2n) is 13.2. The fourth-order valence-corrected chi connectivity index (χ4v) is 6.50. The minimum absolute atomic E-state index is 0.0250. The van der Waals surface area contributed by atoms with E-state index in [9.17, 15) is 33.7 Å². The van der Waals surface area contributed by atoms with Gasteiger partial charge in [-0.25, -0.2) is 13.6 Å². The summed E-state index contributed by atoms with van der Waals surface area (Å²) >= 11 is 0. The van der Waals surface area contributed by atoms with Crippen molar-refractivity contribution in [1.29, 1.82) is 0 Å². The molecule has 0 bridgehead atoms. The molecule has 45 heavy (non-hydrogen) atoms. The fraction of sp³-hybridized carbons (Fsp3) is 0.750. The van der Waals surface area contributed by atoms with Gasteiger partial charge in [0.1, 0.15) is 23.5 Å². The summed E-state index contributed by atoms with van der Waals surface area (Å²) in [4.78, 5) is 28.1. The molecule has 254 valence electrons. The van der Waals surface area contributed by atoms with Gasteiger partial charge in [-0.05, 0) is 63.7 Å². The van der Waals surface area contributed by atoms with Crippen molar-refractivity contribution in [3.63, 3.8) is 0 Å². The van der Waals surface area contributed by atoms with Crippen LogP contribution in [0.2, 0.25) is 0 Å². The normalized spacial score (nSPS) is 21.4. The van der Waals surface area contributed by atoms with Crippen molar-refractivity contribution >= 4 is 12.0 Å². The topological polar surface area (TPSA) is 152 Å². The molecule has 0 radical (unpaired) electrons. The van der Waals surface area contributed by atoms with Crippen molar-refractivity contribution in [1.82, 2.24) is 15.1 Å². The van der Waals surface area contributed by atoms with Gasteiger partial charge in [-0.1, -0.05) is 0 Å². The minimum Gasteiger partial charge on any atom is -0.493 e. The summed E-state index contributed by atoms with van der Waals surface area (Å²) in [6.07, 6.45) is 0.107. The third-order valence-corrected chi connectivity index (χ3v) is 9.43. The first kappa shape index (κ1) is 35.3. The lowest BCUT2D eigenvalue weighted by Crippen LogP contribution is -2.54. The number of piperidine rings is 1. The molecule has 1 spiro atoms. The summed E-state index contributed by atoms with van der Waals surface area (Å²) in [5.74, 6) is -1.29. The number of hydrogen-bond donors (Lipinski definition) is 5. The average molecular weight is 642 g/mol. The standard InChI is InChI=1S/C32H49F2N3O8/c1-20(2)45-31(43)36-8-6-32(7-9-36)15-22(32)4-3-11-44-23-12-25(33)24(26(34)13-23)14-29(41)37-18-21(19-37)16-35-17-28(40)30(42)27(39)5-10-38/h12-13,20-22,27-28,30,35,38-40,42H,3-11,14-19H2,1-2H3/t22?,27-,28+,30+/m1/s1. The van der Waals surface area contributed by atoms with Crippen molar-refractivity contribution in [2.24, 2.45) is 17.3 Å².